The molecule has 1 aromatic carbocycles. The number of amides is 1. The van der Waals surface area contributed by atoms with Crippen LogP contribution in [0, 0.1) is 5.92 Å². The number of hydrogen-bond donors (Lipinski definition) is 1. The normalized spacial score (nSPS) is 18.4. The van der Waals surface area contributed by atoms with Crippen molar-refractivity contribution >= 4 is 28.3 Å². The highest BCUT2D eigenvalue weighted by molar-refractivity contribution is 7.13. The van der Waals surface area contributed by atoms with Crippen LogP contribution in [0.3, 0.4) is 0 Å². The first kappa shape index (κ1) is 22.2. The second-order valence-electron chi connectivity index (χ2n) is 9.58. The lowest BCUT2D eigenvalue weighted by atomic mass is 10.0. The van der Waals surface area contributed by atoms with E-state index in [1.54, 1.807) is 18.4 Å². The predicted octanol–water partition coefficient (Wildman–Crippen LogP) is 3.54. The van der Waals surface area contributed by atoms with Gasteiger partial charge in [0.25, 0.3) is 5.91 Å². The first-order valence-corrected chi connectivity index (χ1v) is 13.0. The number of nitrogens with two attached hydrogens (primary N) is 1. The summed E-state index contributed by atoms with van der Waals surface area (Å²) in [5.41, 5.74) is 9.00. The molecule has 182 valence electrons. The Morgan fingerprint density at radius 2 is 2.09 bits per heavy atom. The molecule has 3 aromatic heterocycles. The number of benzene rings is 1. The zero-order valence-corrected chi connectivity index (χ0v) is 20.8. The molecule has 1 saturated heterocycles. The van der Waals surface area contributed by atoms with Gasteiger partial charge in [0.1, 0.15) is 17.0 Å². The Labute approximate surface area is 207 Å². The Balaban J connectivity index is 1.42. The maximum atomic E-state index is 13.3. The molecule has 2 aliphatic rings. The van der Waals surface area contributed by atoms with E-state index in [1.807, 2.05) is 40.2 Å². The van der Waals surface area contributed by atoms with Crippen LogP contribution < -0.4 is 10.5 Å². The van der Waals surface area contributed by atoms with Crippen LogP contribution in [0.4, 0.5) is 0 Å². The number of thiazole rings is 1. The summed E-state index contributed by atoms with van der Waals surface area (Å²) in [7, 11) is 3.58. The van der Waals surface area contributed by atoms with E-state index >= 15 is 0 Å². The van der Waals surface area contributed by atoms with Crippen LogP contribution in [0.25, 0.3) is 33.4 Å². The molecule has 0 unspecified atom stereocenters. The Morgan fingerprint density at radius 1 is 1.23 bits per heavy atom. The lowest BCUT2D eigenvalue weighted by molar-refractivity contribution is 0.0708. The highest BCUT2D eigenvalue weighted by atomic mass is 32.1. The van der Waals surface area contributed by atoms with Crippen LogP contribution in [0.1, 0.15) is 36.0 Å². The van der Waals surface area contributed by atoms with Gasteiger partial charge < -0.3 is 24.5 Å². The standard InChI is InChI=1S/C25H29N7O2S/c1-30-21-18(10-16(11-20(21)34-2)25(33)31-8-3-4-17(26)13-31)28-22(30)19-14-32(12-15-5-6-15)23(29-19)24-27-7-9-35-24/h7,9-11,14-15,17H,3-6,8,12-13,26H2,1-2H3/t17-/m1/s1. The lowest BCUT2D eigenvalue weighted by Crippen LogP contribution is -2.45. The molecule has 0 radical (unpaired) electrons. The van der Waals surface area contributed by atoms with Crippen molar-refractivity contribution in [3.8, 4) is 28.1 Å². The van der Waals surface area contributed by atoms with E-state index in [0.29, 0.717) is 29.3 Å². The van der Waals surface area contributed by atoms with Crippen LogP contribution >= 0.6 is 11.3 Å². The Hall–Kier alpha value is -3.24. The van der Waals surface area contributed by atoms with E-state index in [-0.39, 0.29) is 11.9 Å². The average Bonchev–Trinajstić information content (AvgIpc) is 3.22. The summed E-state index contributed by atoms with van der Waals surface area (Å²) >= 11 is 1.59. The van der Waals surface area contributed by atoms with Crippen molar-refractivity contribution in [1.29, 1.82) is 0 Å². The van der Waals surface area contributed by atoms with Crippen molar-refractivity contribution in [1.82, 2.24) is 29.0 Å². The maximum absolute atomic E-state index is 13.3. The molecule has 1 aliphatic heterocycles. The molecule has 0 spiro atoms. The van der Waals surface area contributed by atoms with Gasteiger partial charge in [-0.25, -0.2) is 15.0 Å². The number of carbonyl (C=O) groups excluding carboxylic acids is 1. The molecule has 10 heteroatoms. The fraction of sp³-hybridized carbons (Fsp3) is 0.440. The fourth-order valence-corrected chi connectivity index (χ4v) is 5.58. The van der Waals surface area contributed by atoms with Gasteiger partial charge in [-0.15, -0.1) is 11.3 Å². The molecule has 1 atom stereocenters. The van der Waals surface area contributed by atoms with Gasteiger partial charge in [-0.05, 0) is 43.7 Å². The van der Waals surface area contributed by atoms with Gasteiger partial charge in [0.15, 0.2) is 16.7 Å². The largest absolute Gasteiger partial charge is 0.494 e. The number of aryl methyl sites for hydroxylation is 1. The molecular weight excluding hydrogens is 462 g/mol. The van der Waals surface area contributed by atoms with Crippen molar-refractivity contribution < 1.29 is 9.53 Å². The SMILES string of the molecule is COc1cc(C(=O)N2CCC[C@@H](N)C2)cc2nc(-c3cn(CC4CC4)c(-c4nccs4)n3)n(C)c12. The number of aromatic nitrogens is 5. The third-order valence-corrected chi connectivity index (χ3v) is 7.70. The third-order valence-electron chi connectivity index (χ3n) is 6.93. The number of nitrogens with zero attached hydrogens (tertiary/aromatic N) is 6. The number of carbonyl (C=O) groups is 1. The van der Waals surface area contributed by atoms with E-state index in [1.165, 1.54) is 12.8 Å². The van der Waals surface area contributed by atoms with Crippen molar-refractivity contribution in [3.63, 3.8) is 0 Å². The van der Waals surface area contributed by atoms with Crippen LogP contribution in [0.5, 0.6) is 5.75 Å². The molecule has 0 bridgehead atoms. The monoisotopic (exact) mass is 491 g/mol. The van der Waals surface area contributed by atoms with Gasteiger partial charge in [-0.2, -0.15) is 0 Å². The molecule has 1 saturated carbocycles. The highest BCUT2D eigenvalue weighted by Crippen LogP contribution is 2.36. The second kappa shape index (κ2) is 8.76. The quantitative estimate of drug-likeness (QED) is 0.442. The van der Waals surface area contributed by atoms with Crippen molar-refractivity contribution in [3.05, 3.63) is 35.5 Å². The minimum atomic E-state index is -0.0349. The number of hydrogen-bond acceptors (Lipinski definition) is 7. The van der Waals surface area contributed by atoms with E-state index in [2.05, 4.69) is 15.7 Å². The highest BCUT2D eigenvalue weighted by Gasteiger charge is 2.27. The summed E-state index contributed by atoms with van der Waals surface area (Å²) in [5.74, 6) is 2.89. The van der Waals surface area contributed by atoms with Crippen molar-refractivity contribution in [2.24, 2.45) is 18.7 Å². The molecule has 35 heavy (non-hydrogen) atoms. The van der Waals surface area contributed by atoms with Crippen molar-refractivity contribution in [2.75, 3.05) is 20.2 Å². The van der Waals surface area contributed by atoms with E-state index < -0.39 is 0 Å². The van der Waals surface area contributed by atoms with Crippen LogP contribution in [-0.4, -0.2) is 61.1 Å². The number of piperidine rings is 1. The summed E-state index contributed by atoms with van der Waals surface area (Å²) < 4.78 is 9.92. The molecule has 1 amide bonds. The molecule has 2 fully saturated rings. The van der Waals surface area contributed by atoms with Gasteiger partial charge in [0, 0.05) is 56.1 Å². The molecule has 9 nitrogen and oxygen atoms in total. The van der Waals surface area contributed by atoms with Crippen LogP contribution in [-0.2, 0) is 13.6 Å². The minimum Gasteiger partial charge on any atom is -0.494 e. The predicted molar refractivity (Wildman–Crippen MR) is 135 cm³/mol. The van der Waals surface area contributed by atoms with Gasteiger partial charge in [0.2, 0.25) is 0 Å². The Bertz CT molecular complexity index is 1390. The number of likely N-dealkylation sites (tertiary alicyclic amines) is 1. The zero-order valence-electron chi connectivity index (χ0n) is 20.0. The summed E-state index contributed by atoms with van der Waals surface area (Å²) in [5, 5.41) is 2.87. The topological polar surface area (TPSA) is 104 Å². The van der Waals surface area contributed by atoms with Gasteiger partial charge >= 0.3 is 0 Å². The molecule has 4 heterocycles. The second-order valence-corrected chi connectivity index (χ2v) is 10.5. The molecule has 2 N–H and O–H groups in total. The first-order chi connectivity index (χ1) is 17.0. The maximum Gasteiger partial charge on any atom is 0.254 e. The summed E-state index contributed by atoms with van der Waals surface area (Å²) in [4.78, 5) is 29.5. The van der Waals surface area contributed by atoms with Gasteiger partial charge in [-0.1, -0.05) is 0 Å². The zero-order chi connectivity index (χ0) is 24.1. The Kier molecular flexibility index (Phi) is 5.57. The number of fused-ring (bicyclic) bond motifs is 1. The summed E-state index contributed by atoms with van der Waals surface area (Å²) in [6, 6.07) is 3.69. The summed E-state index contributed by atoms with van der Waals surface area (Å²) in [6.07, 6.45) is 8.27. The number of methoxy groups -OCH3 is 1. The van der Waals surface area contributed by atoms with Gasteiger partial charge in [-0.3, -0.25) is 4.79 Å². The van der Waals surface area contributed by atoms with E-state index in [4.69, 9.17) is 20.4 Å². The number of ether oxygens (including phenoxy) is 1. The number of rotatable bonds is 6. The molecule has 1 aliphatic carbocycles. The third kappa shape index (κ3) is 4.10. The average molecular weight is 492 g/mol. The lowest BCUT2D eigenvalue weighted by Gasteiger charge is -2.30. The molecular formula is C25H29N7O2S. The van der Waals surface area contributed by atoms with E-state index in [0.717, 1.165) is 53.8 Å². The number of imidazole rings is 2. The van der Waals surface area contributed by atoms with E-state index in [9.17, 15) is 4.79 Å². The summed E-state index contributed by atoms with van der Waals surface area (Å²) in [6.45, 7) is 2.23. The van der Waals surface area contributed by atoms with Crippen molar-refractivity contribution in [2.45, 2.75) is 38.3 Å². The smallest absolute Gasteiger partial charge is 0.254 e. The van der Waals surface area contributed by atoms with Crippen LogP contribution in [0.2, 0.25) is 0 Å². The first-order valence-electron chi connectivity index (χ1n) is 12.1. The Morgan fingerprint density at radius 3 is 2.80 bits per heavy atom. The minimum absolute atomic E-state index is 0.0255. The fourth-order valence-electron chi connectivity index (χ4n) is 4.94. The molecule has 4 aromatic rings. The van der Waals surface area contributed by atoms with Crippen LogP contribution in [0.15, 0.2) is 29.9 Å². The molecule has 6 rings (SSSR count). The van der Waals surface area contributed by atoms with Gasteiger partial charge in [0.05, 0.1) is 12.6 Å².